The number of aromatic amines is 1. The van der Waals surface area contributed by atoms with Gasteiger partial charge in [-0.25, -0.2) is 8.42 Å². The molecule has 155 valence electrons. The molecule has 1 aliphatic heterocycles. The Balaban J connectivity index is 1.65. The lowest BCUT2D eigenvalue weighted by Crippen LogP contribution is -2.30. The lowest BCUT2D eigenvalue weighted by atomic mass is 10.0. The molecule has 0 unspecified atom stereocenters. The van der Waals surface area contributed by atoms with Crippen molar-refractivity contribution in [2.24, 2.45) is 0 Å². The van der Waals surface area contributed by atoms with E-state index >= 15 is 0 Å². The van der Waals surface area contributed by atoms with Crippen LogP contribution < -0.4 is 4.74 Å². The number of rotatable bonds is 5. The molecule has 1 N–H and O–H groups in total. The Bertz CT molecular complexity index is 1170. The normalized spacial score (nSPS) is 16.6. The molecule has 4 rings (SSSR count). The topological polar surface area (TPSA) is 92.4 Å². The van der Waals surface area contributed by atoms with Crippen molar-refractivity contribution in [1.82, 2.24) is 15.1 Å². The maximum Gasteiger partial charge on any atom is 0.254 e. The molecular formula is C22H22N3O4S. The van der Waals surface area contributed by atoms with Crippen LogP contribution in [0.4, 0.5) is 0 Å². The van der Waals surface area contributed by atoms with Crippen molar-refractivity contribution in [3.05, 3.63) is 72.4 Å². The predicted molar refractivity (Wildman–Crippen MR) is 113 cm³/mol. The van der Waals surface area contributed by atoms with Gasteiger partial charge in [0.2, 0.25) is 0 Å². The van der Waals surface area contributed by atoms with E-state index in [9.17, 15) is 13.2 Å². The van der Waals surface area contributed by atoms with E-state index in [1.54, 1.807) is 54.7 Å². The molecule has 1 amide bonds. The Kier molecular flexibility index (Phi) is 5.34. The Morgan fingerprint density at radius 1 is 1.23 bits per heavy atom. The molecule has 7 nitrogen and oxygen atoms in total. The summed E-state index contributed by atoms with van der Waals surface area (Å²) in [6.07, 6.45) is 7.35. The number of methoxy groups -OCH3 is 1. The fraction of sp³-hybridized carbons (Fsp3) is 0.227. The molecule has 0 aliphatic carbocycles. The van der Waals surface area contributed by atoms with Crippen LogP contribution in [0.5, 0.6) is 5.75 Å². The molecule has 2 aromatic carbocycles. The number of carbonyl (C=O) groups excluding carboxylic acids is 1. The first-order valence-corrected chi connectivity index (χ1v) is 11.4. The number of nitrogens with one attached hydrogen (secondary N) is 1. The minimum Gasteiger partial charge on any atom is -0.496 e. The van der Waals surface area contributed by atoms with E-state index in [0.717, 1.165) is 16.7 Å². The van der Waals surface area contributed by atoms with Gasteiger partial charge < -0.3 is 9.64 Å². The van der Waals surface area contributed by atoms with E-state index in [1.807, 2.05) is 18.6 Å². The number of benzene rings is 2. The van der Waals surface area contributed by atoms with Gasteiger partial charge in [-0.2, -0.15) is 5.10 Å². The van der Waals surface area contributed by atoms with E-state index < -0.39 is 9.84 Å². The SMILES string of the molecule is COc1cc(C(=O)N2C[CH]C[C@@H]2c2cccc(S(C)(=O)=O)c2)ccc1-c1cn[nH]c1. The minimum absolute atomic E-state index is 0.129. The Labute approximate surface area is 175 Å². The summed E-state index contributed by atoms with van der Waals surface area (Å²) < 4.78 is 29.4. The van der Waals surface area contributed by atoms with Gasteiger partial charge in [-0.1, -0.05) is 12.1 Å². The molecule has 2 heterocycles. The number of aromatic nitrogens is 2. The van der Waals surface area contributed by atoms with Crippen LogP contribution in [-0.4, -0.2) is 49.3 Å². The maximum atomic E-state index is 13.3. The van der Waals surface area contributed by atoms with Crippen LogP contribution in [0.2, 0.25) is 0 Å². The number of ether oxygens (including phenoxy) is 1. The van der Waals surface area contributed by atoms with Gasteiger partial charge >= 0.3 is 0 Å². The molecular weight excluding hydrogens is 402 g/mol. The van der Waals surface area contributed by atoms with Gasteiger partial charge in [-0.05, 0) is 48.7 Å². The van der Waals surface area contributed by atoms with Crippen LogP contribution in [0, 0.1) is 6.42 Å². The first-order valence-electron chi connectivity index (χ1n) is 9.48. The van der Waals surface area contributed by atoms with Gasteiger partial charge in [-0.3, -0.25) is 9.89 Å². The van der Waals surface area contributed by atoms with Crippen LogP contribution in [-0.2, 0) is 9.84 Å². The van der Waals surface area contributed by atoms with E-state index in [-0.39, 0.29) is 16.8 Å². The van der Waals surface area contributed by atoms with E-state index in [4.69, 9.17) is 4.74 Å². The second kappa shape index (κ2) is 7.95. The Hall–Kier alpha value is -3.13. The lowest BCUT2D eigenvalue weighted by Gasteiger charge is -2.26. The van der Waals surface area contributed by atoms with Crippen molar-refractivity contribution in [1.29, 1.82) is 0 Å². The fourth-order valence-electron chi connectivity index (χ4n) is 3.75. The molecule has 8 heteroatoms. The lowest BCUT2D eigenvalue weighted by molar-refractivity contribution is 0.0737. The summed E-state index contributed by atoms with van der Waals surface area (Å²) in [6.45, 7) is 0.498. The third-order valence-electron chi connectivity index (χ3n) is 5.28. The third kappa shape index (κ3) is 3.82. The molecule has 30 heavy (non-hydrogen) atoms. The maximum absolute atomic E-state index is 13.3. The fourth-order valence-corrected chi connectivity index (χ4v) is 4.42. The van der Waals surface area contributed by atoms with Crippen molar-refractivity contribution in [2.75, 3.05) is 19.9 Å². The molecule has 1 fully saturated rings. The van der Waals surface area contributed by atoms with Crippen LogP contribution in [0.15, 0.2) is 59.8 Å². The number of sulfone groups is 1. The first-order chi connectivity index (χ1) is 14.4. The van der Waals surface area contributed by atoms with Crippen LogP contribution >= 0.6 is 0 Å². The van der Waals surface area contributed by atoms with E-state index in [1.165, 1.54) is 6.26 Å². The predicted octanol–water partition coefficient (Wildman–Crippen LogP) is 3.28. The molecule has 1 radical (unpaired) electrons. The summed E-state index contributed by atoms with van der Waals surface area (Å²) in [5.41, 5.74) is 3.03. The molecule has 1 atom stereocenters. The number of hydrogen-bond acceptors (Lipinski definition) is 5. The van der Waals surface area contributed by atoms with Crippen molar-refractivity contribution in [3.8, 4) is 16.9 Å². The van der Waals surface area contributed by atoms with Gasteiger partial charge in [-0.15, -0.1) is 0 Å². The summed E-state index contributed by atoms with van der Waals surface area (Å²) in [5.74, 6) is 0.455. The van der Waals surface area contributed by atoms with Gasteiger partial charge in [0, 0.05) is 35.7 Å². The summed E-state index contributed by atoms with van der Waals surface area (Å²) in [5, 5.41) is 6.73. The molecule has 1 saturated heterocycles. The van der Waals surface area contributed by atoms with Crippen molar-refractivity contribution >= 4 is 15.7 Å². The van der Waals surface area contributed by atoms with Crippen molar-refractivity contribution in [3.63, 3.8) is 0 Å². The van der Waals surface area contributed by atoms with Crippen LogP contribution in [0.25, 0.3) is 11.1 Å². The van der Waals surface area contributed by atoms with Gasteiger partial charge in [0.15, 0.2) is 9.84 Å². The number of carbonyl (C=O) groups is 1. The number of amides is 1. The number of likely N-dealkylation sites (tertiary alicyclic amines) is 1. The molecule has 0 spiro atoms. The quantitative estimate of drug-likeness (QED) is 0.679. The van der Waals surface area contributed by atoms with Crippen LogP contribution in [0.1, 0.15) is 28.4 Å². The highest BCUT2D eigenvalue weighted by molar-refractivity contribution is 7.90. The highest BCUT2D eigenvalue weighted by Gasteiger charge is 2.31. The smallest absolute Gasteiger partial charge is 0.254 e. The van der Waals surface area contributed by atoms with Gasteiger partial charge in [0.05, 0.1) is 24.2 Å². The van der Waals surface area contributed by atoms with Gasteiger partial charge in [0.1, 0.15) is 5.75 Å². The summed E-state index contributed by atoms with van der Waals surface area (Å²) in [7, 11) is -1.75. The second-order valence-corrected chi connectivity index (χ2v) is 9.26. The summed E-state index contributed by atoms with van der Waals surface area (Å²) in [4.78, 5) is 15.3. The molecule has 0 saturated carbocycles. The minimum atomic E-state index is -3.32. The number of H-pyrrole nitrogens is 1. The highest BCUT2D eigenvalue weighted by atomic mass is 32.2. The van der Waals surface area contributed by atoms with Crippen LogP contribution in [0.3, 0.4) is 0 Å². The molecule has 1 aliphatic rings. The Morgan fingerprint density at radius 2 is 2.07 bits per heavy atom. The third-order valence-corrected chi connectivity index (χ3v) is 6.39. The second-order valence-electron chi connectivity index (χ2n) is 7.24. The van der Waals surface area contributed by atoms with E-state index in [0.29, 0.717) is 24.3 Å². The largest absolute Gasteiger partial charge is 0.496 e. The number of nitrogens with zero attached hydrogens (tertiary/aromatic N) is 2. The molecule has 0 bridgehead atoms. The Morgan fingerprint density at radius 3 is 2.77 bits per heavy atom. The zero-order chi connectivity index (χ0) is 21.3. The zero-order valence-corrected chi connectivity index (χ0v) is 17.5. The van der Waals surface area contributed by atoms with E-state index in [2.05, 4.69) is 10.2 Å². The van der Waals surface area contributed by atoms with Crippen molar-refractivity contribution < 1.29 is 17.9 Å². The number of hydrogen-bond donors (Lipinski definition) is 1. The van der Waals surface area contributed by atoms with Crippen molar-refractivity contribution in [2.45, 2.75) is 17.4 Å². The molecule has 1 aromatic heterocycles. The monoisotopic (exact) mass is 424 g/mol. The summed E-state index contributed by atoms with van der Waals surface area (Å²) >= 11 is 0. The zero-order valence-electron chi connectivity index (χ0n) is 16.7. The standard InChI is InChI=1S/C22H22N3O4S/c1-29-21-12-16(8-9-19(21)17-13-23-24-14-17)22(26)25-10-4-7-20(25)15-5-3-6-18(11-15)30(2,27)28/h3-6,8-9,11-14,20H,7,10H2,1-2H3,(H,23,24)/t20-/m1/s1. The summed E-state index contributed by atoms with van der Waals surface area (Å²) in [6, 6.07) is 11.9. The average Bonchev–Trinajstić information content (AvgIpc) is 3.44. The first kappa shape index (κ1) is 20.2. The highest BCUT2D eigenvalue weighted by Crippen LogP contribution is 2.35. The average molecular weight is 425 g/mol. The molecule has 3 aromatic rings. The van der Waals surface area contributed by atoms with Gasteiger partial charge in [0.25, 0.3) is 5.91 Å².